The molecule has 0 saturated heterocycles. The second kappa shape index (κ2) is 5.29. The molecular formula is C14H18N2OS2. The van der Waals surface area contributed by atoms with E-state index in [0.717, 1.165) is 46.3 Å². The maximum Gasteiger partial charge on any atom is 0.260 e. The van der Waals surface area contributed by atoms with Gasteiger partial charge >= 0.3 is 0 Å². The van der Waals surface area contributed by atoms with E-state index >= 15 is 0 Å². The van der Waals surface area contributed by atoms with Crippen LogP contribution in [0.1, 0.15) is 37.1 Å². The number of H-pyrrole nitrogens is 1. The SMILES string of the molecule is CCCSc1nc2sc3c(c2c(=O)[nH]1)CC[C@@H](C)C3. The summed E-state index contributed by atoms with van der Waals surface area (Å²) in [6.45, 7) is 4.42. The Balaban J connectivity index is 2.09. The number of nitrogens with zero attached hydrogens (tertiary/aromatic N) is 1. The first-order valence-electron chi connectivity index (χ1n) is 6.86. The fourth-order valence-electron chi connectivity index (χ4n) is 2.60. The van der Waals surface area contributed by atoms with Crippen molar-refractivity contribution >= 4 is 33.3 Å². The summed E-state index contributed by atoms with van der Waals surface area (Å²) in [5, 5.41) is 1.62. The zero-order chi connectivity index (χ0) is 13.4. The molecule has 0 aromatic carbocycles. The maximum absolute atomic E-state index is 12.3. The van der Waals surface area contributed by atoms with E-state index < -0.39 is 0 Å². The molecule has 0 aliphatic heterocycles. The largest absolute Gasteiger partial charge is 0.301 e. The van der Waals surface area contributed by atoms with Crippen LogP contribution in [0.2, 0.25) is 0 Å². The van der Waals surface area contributed by atoms with Gasteiger partial charge in [0.1, 0.15) is 4.83 Å². The minimum atomic E-state index is 0.0515. The molecule has 1 aliphatic carbocycles. The van der Waals surface area contributed by atoms with E-state index in [9.17, 15) is 4.79 Å². The third-order valence-corrected chi connectivity index (χ3v) is 5.81. The molecule has 0 spiro atoms. The molecular weight excluding hydrogens is 276 g/mol. The van der Waals surface area contributed by atoms with Gasteiger partial charge in [0.05, 0.1) is 5.39 Å². The van der Waals surface area contributed by atoms with Crippen molar-refractivity contribution in [2.45, 2.75) is 44.7 Å². The molecule has 1 atom stereocenters. The number of aromatic amines is 1. The van der Waals surface area contributed by atoms with Gasteiger partial charge in [-0.2, -0.15) is 0 Å². The highest BCUT2D eigenvalue weighted by Crippen LogP contribution is 2.36. The second-order valence-electron chi connectivity index (χ2n) is 5.25. The third-order valence-electron chi connectivity index (χ3n) is 3.59. The van der Waals surface area contributed by atoms with E-state index in [1.54, 1.807) is 23.1 Å². The van der Waals surface area contributed by atoms with E-state index in [0.29, 0.717) is 0 Å². The minimum absolute atomic E-state index is 0.0515. The molecule has 102 valence electrons. The monoisotopic (exact) mass is 294 g/mol. The summed E-state index contributed by atoms with van der Waals surface area (Å²) in [5.74, 6) is 1.73. The first-order valence-corrected chi connectivity index (χ1v) is 8.66. The summed E-state index contributed by atoms with van der Waals surface area (Å²) in [6.07, 6.45) is 4.41. The van der Waals surface area contributed by atoms with Crippen molar-refractivity contribution in [2.75, 3.05) is 5.75 Å². The first kappa shape index (κ1) is 13.2. The molecule has 19 heavy (non-hydrogen) atoms. The highest BCUT2D eigenvalue weighted by molar-refractivity contribution is 7.99. The lowest BCUT2D eigenvalue weighted by molar-refractivity contribution is 0.509. The van der Waals surface area contributed by atoms with Crippen molar-refractivity contribution in [3.8, 4) is 0 Å². The van der Waals surface area contributed by atoms with Gasteiger partial charge in [0.2, 0.25) is 0 Å². The van der Waals surface area contributed by atoms with Crippen molar-refractivity contribution in [2.24, 2.45) is 5.92 Å². The Bertz CT molecular complexity index is 659. The quantitative estimate of drug-likeness (QED) is 0.695. The number of aromatic nitrogens is 2. The van der Waals surface area contributed by atoms with Crippen LogP contribution in [0.3, 0.4) is 0 Å². The summed E-state index contributed by atoms with van der Waals surface area (Å²) in [4.78, 5) is 22.2. The van der Waals surface area contributed by atoms with Crippen LogP contribution < -0.4 is 5.56 Å². The fourth-order valence-corrected chi connectivity index (χ4v) is 4.76. The van der Waals surface area contributed by atoms with E-state index in [-0.39, 0.29) is 5.56 Å². The highest BCUT2D eigenvalue weighted by Gasteiger charge is 2.22. The zero-order valence-corrected chi connectivity index (χ0v) is 12.9. The summed E-state index contributed by atoms with van der Waals surface area (Å²) in [6, 6.07) is 0. The fraction of sp³-hybridized carbons (Fsp3) is 0.571. The highest BCUT2D eigenvalue weighted by atomic mass is 32.2. The molecule has 0 fully saturated rings. The molecule has 2 aromatic heterocycles. The van der Waals surface area contributed by atoms with E-state index in [1.807, 2.05) is 0 Å². The molecule has 2 aromatic rings. The molecule has 0 bridgehead atoms. The lowest BCUT2D eigenvalue weighted by Gasteiger charge is -2.17. The van der Waals surface area contributed by atoms with Crippen molar-refractivity contribution in [1.29, 1.82) is 0 Å². The Morgan fingerprint density at radius 2 is 2.37 bits per heavy atom. The van der Waals surface area contributed by atoms with Gasteiger partial charge in [-0.3, -0.25) is 4.79 Å². The van der Waals surface area contributed by atoms with Crippen LogP contribution in [0, 0.1) is 5.92 Å². The Labute approximate surface area is 120 Å². The van der Waals surface area contributed by atoms with Gasteiger partial charge in [-0.1, -0.05) is 25.6 Å². The summed E-state index contributed by atoms with van der Waals surface area (Å²) < 4.78 is 0. The number of hydrogen-bond acceptors (Lipinski definition) is 4. The van der Waals surface area contributed by atoms with Gasteiger partial charge in [-0.05, 0) is 37.2 Å². The van der Waals surface area contributed by atoms with Gasteiger partial charge in [0.25, 0.3) is 5.56 Å². The van der Waals surface area contributed by atoms with E-state index in [1.165, 1.54) is 16.9 Å². The topological polar surface area (TPSA) is 45.8 Å². The van der Waals surface area contributed by atoms with E-state index in [2.05, 4.69) is 23.8 Å². The lowest BCUT2D eigenvalue weighted by atomic mass is 9.89. The van der Waals surface area contributed by atoms with Crippen LogP contribution in [0.15, 0.2) is 9.95 Å². The number of rotatable bonds is 3. The van der Waals surface area contributed by atoms with Crippen LogP contribution in [0.5, 0.6) is 0 Å². The maximum atomic E-state index is 12.3. The summed E-state index contributed by atoms with van der Waals surface area (Å²) in [7, 11) is 0. The Morgan fingerprint density at radius 3 is 3.16 bits per heavy atom. The Hall–Kier alpha value is -0.810. The molecule has 1 N–H and O–H groups in total. The number of thioether (sulfide) groups is 1. The number of hydrogen-bond donors (Lipinski definition) is 1. The lowest BCUT2D eigenvalue weighted by Crippen LogP contribution is -2.13. The summed E-state index contributed by atoms with van der Waals surface area (Å²) in [5.41, 5.74) is 1.31. The average Bonchev–Trinajstić information content (AvgIpc) is 2.73. The molecule has 2 heterocycles. The van der Waals surface area contributed by atoms with Gasteiger partial charge in [0, 0.05) is 10.6 Å². The molecule has 0 unspecified atom stereocenters. The number of thiophene rings is 1. The molecule has 0 saturated carbocycles. The smallest absolute Gasteiger partial charge is 0.260 e. The minimum Gasteiger partial charge on any atom is -0.301 e. The second-order valence-corrected chi connectivity index (χ2v) is 7.42. The van der Waals surface area contributed by atoms with Crippen molar-refractivity contribution in [3.05, 3.63) is 20.8 Å². The van der Waals surface area contributed by atoms with Crippen LogP contribution >= 0.6 is 23.1 Å². The van der Waals surface area contributed by atoms with Crippen LogP contribution in [-0.4, -0.2) is 15.7 Å². The van der Waals surface area contributed by atoms with Gasteiger partial charge in [-0.25, -0.2) is 4.98 Å². The molecule has 3 rings (SSSR count). The third kappa shape index (κ3) is 2.46. The number of nitrogens with one attached hydrogen (secondary N) is 1. The zero-order valence-electron chi connectivity index (χ0n) is 11.3. The molecule has 0 radical (unpaired) electrons. The normalized spacial score (nSPS) is 18.7. The van der Waals surface area contributed by atoms with Gasteiger partial charge in [-0.15, -0.1) is 11.3 Å². The van der Waals surface area contributed by atoms with Crippen molar-refractivity contribution in [1.82, 2.24) is 9.97 Å². The predicted octanol–water partition coefficient (Wildman–Crippen LogP) is 3.61. The van der Waals surface area contributed by atoms with E-state index in [4.69, 9.17) is 0 Å². The molecule has 3 nitrogen and oxygen atoms in total. The molecule has 1 aliphatic rings. The van der Waals surface area contributed by atoms with Gasteiger partial charge in [0.15, 0.2) is 5.16 Å². The first-order chi connectivity index (χ1) is 9.19. The number of fused-ring (bicyclic) bond motifs is 3. The predicted molar refractivity (Wildman–Crippen MR) is 82.4 cm³/mol. The van der Waals surface area contributed by atoms with Crippen molar-refractivity contribution < 1.29 is 0 Å². The number of aryl methyl sites for hydroxylation is 1. The molecule has 0 amide bonds. The average molecular weight is 294 g/mol. The summed E-state index contributed by atoms with van der Waals surface area (Å²) >= 11 is 3.36. The van der Waals surface area contributed by atoms with Crippen LogP contribution in [-0.2, 0) is 12.8 Å². The van der Waals surface area contributed by atoms with Crippen LogP contribution in [0.4, 0.5) is 0 Å². The Kier molecular flexibility index (Phi) is 3.67. The molecule has 5 heteroatoms. The standard InChI is InChI=1S/C14H18N2OS2/c1-3-6-18-14-15-12(17)11-9-5-4-8(2)7-10(9)19-13(11)16-14/h8H,3-7H2,1-2H3,(H,15,16,17)/t8-/m1/s1. The Morgan fingerprint density at radius 1 is 1.53 bits per heavy atom. The van der Waals surface area contributed by atoms with Gasteiger partial charge < -0.3 is 4.98 Å². The van der Waals surface area contributed by atoms with Crippen molar-refractivity contribution in [3.63, 3.8) is 0 Å². The van der Waals surface area contributed by atoms with Crippen LogP contribution in [0.25, 0.3) is 10.2 Å².